The highest BCUT2D eigenvalue weighted by atomic mass is 15.1. The van der Waals surface area contributed by atoms with Gasteiger partial charge in [-0.3, -0.25) is 4.98 Å². The van der Waals surface area contributed by atoms with Crippen LogP contribution in [0, 0.1) is 0 Å². The highest BCUT2D eigenvalue weighted by molar-refractivity contribution is 5.65. The molecule has 0 aliphatic carbocycles. The first-order valence-corrected chi connectivity index (χ1v) is 5.13. The van der Waals surface area contributed by atoms with Crippen LogP contribution in [0.4, 0.5) is 11.4 Å². The van der Waals surface area contributed by atoms with Crippen LogP contribution in [0.15, 0.2) is 18.5 Å². The van der Waals surface area contributed by atoms with Crippen molar-refractivity contribution in [1.29, 1.82) is 0 Å². The summed E-state index contributed by atoms with van der Waals surface area (Å²) in [6.45, 7) is 4.38. The molecule has 1 rings (SSSR count). The van der Waals surface area contributed by atoms with Crippen LogP contribution in [0.5, 0.6) is 0 Å². The molecule has 0 atom stereocenters. The minimum absolute atomic E-state index is 0.543. The third-order valence-corrected chi connectivity index (χ3v) is 2.70. The van der Waals surface area contributed by atoms with Crippen molar-refractivity contribution in [3.63, 3.8) is 0 Å². The molecular formula is C11H19N3. The number of rotatable bonds is 4. The predicted octanol–water partition coefficient (Wildman–Crippen LogP) is 2.29. The van der Waals surface area contributed by atoms with E-state index in [2.05, 4.69) is 30.8 Å². The van der Waals surface area contributed by atoms with E-state index in [-0.39, 0.29) is 0 Å². The molecular weight excluding hydrogens is 174 g/mol. The number of aromatic nitrogens is 1. The maximum Gasteiger partial charge on any atom is 0.0786 e. The van der Waals surface area contributed by atoms with Gasteiger partial charge in [0.1, 0.15) is 0 Å². The fourth-order valence-corrected chi connectivity index (χ4v) is 1.72. The average molecular weight is 193 g/mol. The second-order valence-electron chi connectivity index (χ2n) is 3.52. The lowest BCUT2D eigenvalue weighted by atomic mass is 10.1. The Kier molecular flexibility index (Phi) is 3.74. The normalized spacial score (nSPS) is 10.6. The zero-order valence-electron chi connectivity index (χ0n) is 9.20. The number of nitrogens with zero attached hydrogens (tertiary/aromatic N) is 2. The minimum atomic E-state index is 0.543. The van der Waals surface area contributed by atoms with Crippen molar-refractivity contribution in [2.24, 2.45) is 0 Å². The predicted molar refractivity (Wildman–Crippen MR) is 61.4 cm³/mol. The van der Waals surface area contributed by atoms with E-state index < -0.39 is 0 Å². The van der Waals surface area contributed by atoms with Gasteiger partial charge in [0.15, 0.2) is 0 Å². The molecule has 0 radical (unpaired) electrons. The first-order valence-electron chi connectivity index (χ1n) is 5.13. The fourth-order valence-electron chi connectivity index (χ4n) is 1.72. The van der Waals surface area contributed by atoms with E-state index in [0.717, 1.165) is 24.2 Å². The van der Waals surface area contributed by atoms with Crippen molar-refractivity contribution in [2.45, 2.75) is 32.7 Å². The zero-order valence-corrected chi connectivity index (χ0v) is 9.20. The number of nitrogens with two attached hydrogens (primary N) is 1. The van der Waals surface area contributed by atoms with Gasteiger partial charge >= 0.3 is 0 Å². The smallest absolute Gasteiger partial charge is 0.0786 e. The summed E-state index contributed by atoms with van der Waals surface area (Å²) < 4.78 is 0. The molecule has 0 spiro atoms. The molecule has 2 N–H and O–H groups in total. The van der Waals surface area contributed by atoms with Crippen molar-refractivity contribution in [3.05, 3.63) is 18.5 Å². The van der Waals surface area contributed by atoms with Crippen molar-refractivity contribution < 1.29 is 0 Å². The molecule has 0 aliphatic rings. The summed E-state index contributed by atoms with van der Waals surface area (Å²) in [5.41, 5.74) is 7.72. The topological polar surface area (TPSA) is 42.2 Å². The standard InChI is InChI=1S/C11H19N3/c1-4-9(5-2)14(3)11-8-13-7-6-10(11)12/h6-9H,4-5H2,1-3H3,(H2,12,13). The molecule has 0 fully saturated rings. The van der Waals surface area contributed by atoms with Crippen LogP contribution in [0.3, 0.4) is 0 Å². The van der Waals surface area contributed by atoms with Crippen LogP contribution in [-0.4, -0.2) is 18.1 Å². The summed E-state index contributed by atoms with van der Waals surface area (Å²) in [5, 5.41) is 0. The third-order valence-electron chi connectivity index (χ3n) is 2.70. The molecule has 0 saturated carbocycles. The summed E-state index contributed by atoms with van der Waals surface area (Å²) in [4.78, 5) is 6.31. The Morgan fingerprint density at radius 2 is 2.07 bits per heavy atom. The SMILES string of the molecule is CCC(CC)N(C)c1cnccc1N. The van der Waals surface area contributed by atoms with Gasteiger partial charge in [-0.25, -0.2) is 0 Å². The molecule has 0 saturated heterocycles. The largest absolute Gasteiger partial charge is 0.397 e. The van der Waals surface area contributed by atoms with Crippen molar-refractivity contribution >= 4 is 11.4 Å². The second-order valence-corrected chi connectivity index (χ2v) is 3.52. The van der Waals surface area contributed by atoms with Crippen molar-refractivity contribution in [2.75, 3.05) is 17.7 Å². The molecule has 0 amide bonds. The lowest BCUT2D eigenvalue weighted by molar-refractivity contribution is 0.591. The third kappa shape index (κ3) is 2.16. The van der Waals surface area contributed by atoms with Crippen LogP contribution in [0.2, 0.25) is 0 Å². The average Bonchev–Trinajstić information content (AvgIpc) is 2.20. The maximum absolute atomic E-state index is 5.89. The number of nitrogen functional groups attached to an aromatic ring is 1. The van der Waals surface area contributed by atoms with Gasteiger partial charge in [0.05, 0.1) is 17.6 Å². The van der Waals surface area contributed by atoms with Gasteiger partial charge in [-0.15, -0.1) is 0 Å². The first kappa shape index (κ1) is 10.8. The number of anilines is 2. The minimum Gasteiger partial charge on any atom is -0.397 e. The Bertz CT molecular complexity index is 282. The first-order chi connectivity index (χ1) is 6.70. The van der Waals surface area contributed by atoms with E-state index in [0.29, 0.717) is 6.04 Å². The van der Waals surface area contributed by atoms with Crippen LogP contribution < -0.4 is 10.6 Å². The lowest BCUT2D eigenvalue weighted by Crippen LogP contribution is -2.30. The molecule has 14 heavy (non-hydrogen) atoms. The van der Waals surface area contributed by atoms with Crippen molar-refractivity contribution in [3.8, 4) is 0 Å². The molecule has 1 aromatic heterocycles. The molecule has 78 valence electrons. The van der Waals surface area contributed by atoms with E-state index in [9.17, 15) is 0 Å². The van der Waals surface area contributed by atoms with Gasteiger partial charge in [0.25, 0.3) is 0 Å². The Hall–Kier alpha value is -1.25. The second kappa shape index (κ2) is 4.84. The Morgan fingerprint density at radius 1 is 1.43 bits per heavy atom. The summed E-state index contributed by atoms with van der Waals surface area (Å²) in [5.74, 6) is 0. The molecule has 3 nitrogen and oxygen atoms in total. The molecule has 1 heterocycles. The van der Waals surface area contributed by atoms with Crippen LogP contribution in [-0.2, 0) is 0 Å². The van der Waals surface area contributed by atoms with Gasteiger partial charge < -0.3 is 10.6 Å². The van der Waals surface area contributed by atoms with Crippen LogP contribution in [0.1, 0.15) is 26.7 Å². The Labute approximate surface area is 85.9 Å². The molecule has 1 aromatic rings. The van der Waals surface area contributed by atoms with Crippen LogP contribution in [0.25, 0.3) is 0 Å². The maximum atomic E-state index is 5.89. The van der Waals surface area contributed by atoms with Gasteiger partial charge in [-0.2, -0.15) is 0 Å². The van der Waals surface area contributed by atoms with Gasteiger partial charge in [-0.05, 0) is 18.9 Å². The van der Waals surface area contributed by atoms with Crippen LogP contribution >= 0.6 is 0 Å². The highest BCUT2D eigenvalue weighted by Crippen LogP contribution is 2.23. The van der Waals surface area contributed by atoms with Gasteiger partial charge in [-0.1, -0.05) is 13.8 Å². The fraction of sp³-hybridized carbons (Fsp3) is 0.545. The van der Waals surface area contributed by atoms with E-state index >= 15 is 0 Å². The summed E-state index contributed by atoms with van der Waals surface area (Å²) >= 11 is 0. The highest BCUT2D eigenvalue weighted by Gasteiger charge is 2.12. The van der Waals surface area contributed by atoms with Crippen molar-refractivity contribution in [1.82, 2.24) is 4.98 Å². The zero-order chi connectivity index (χ0) is 10.6. The molecule has 3 heteroatoms. The van der Waals surface area contributed by atoms with E-state index in [1.54, 1.807) is 6.20 Å². The molecule has 0 bridgehead atoms. The van der Waals surface area contributed by atoms with E-state index in [1.165, 1.54) is 0 Å². The Morgan fingerprint density at radius 3 is 2.57 bits per heavy atom. The molecule has 0 aromatic carbocycles. The quantitative estimate of drug-likeness (QED) is 0.797. The monoisotopic (exact) mass is 193 g/mol. The van der Waals surface area contributed by atoms with E-state index in [1.807, 2.05) is 12.3 Å². The summed E-state index contributed by atoms with van der Waals surface area (Å²) in [6.07, 6.45) is 5.80. The molecule has 0 aliphatic heterocycles. The van der Waals surface area contributed by atoms with Gasteiger partial charge in [0, 0.05) is 19.3 Å². The summed E-state index contributed by atoms with van der Waals surface area (Å²) in [7, 11) is 2.07. The van der Waals surface area contributed by atoms with Gasteiger partial charge in [0.2, 0.25) is 0 Å². The number of hydrogen-bond acceptors (Lipinski definition) is 3. The molecule has 0 unspecified atom stereocenters. The Balaban J connectivity index is 2.88. The summed E-state index contributed by atoms with van der Waals surface area (Å²) in [6, 6.07) is 2.38. The lowest BCUT2D eigenvalue weighted by Gasteiger charge is -2.28. The number of hydrogen-bond donors (Lipinski definition) is 1. The number of pyridine rings is 1. The van der Waals surface area contributed by atoms with E-state index in [4.69, 9.17) is 5.73 Å².